The van der Waals surface area contributed by atoms with E-state index >= 15 is 0 Å². The molecule has 1 atom stereocenters. The number of hydrogen-bond donors (Lipinski definition) is 1. The van der Waals surface area contributed by atoms with Gasteiger partial charge in [-0.15, -0.1) is 0 Å². The van der Waals surface area contributed by atoms with E-state index in [2.05, 4.69) is 5.32 Å². The van der Waals surface area contributed by atoms with Crippen molar-refractivity contribution < 1.29 is 14.3 Å². The Balaban J connectivity index is 2.30. The van der Waals surface area contributed by atoms with Crippen LogP contribution in [0.25, 0.3) is 0 Å². The van der Waals surface area contributed by atoms with Crippen LogP contribution in [-0.4, -0.2) is 24.8 Å². The number of carbonyl (C=O) groups excluding carboxylic acids is 2. The van der Waals surface area contributed by atoms with Gasteiger partial charge in [0, 0.05) is 12.5 Å². The van der Waals surface area contributed by atoms with Crippen LogP contribution in [-0.2, 0) is 11.2 Å². The molecule has 1 aliphatic carbocycles. The fraction of sp³-hybridized carbons (Fsp3) is 0.385. The van der Waals surface area contributed by atoms with Crippen LogP contribution >= 0.6 is 0 Å². The van der Waals surface area contributed by atoms with E-state index in [9.17, 15) is 9.59 Å². The minimum absolute atomic E-state index is 0.0275. The second-order valence-corrected chi connectivity index (χ2v) is 4.18. The van der Waals surface area contributed by atoms with Crippen molar-refractivity contribution in [3.8, 4) is 5.75 Å². The SMILES string of the molecule is COc1ccc2c(c1)C(=O)C(NC(C)=O)CC2. The first-order chi connectivity index (χ1) is 8.11. The quantitative estimate of drug-likeness (QED) is 0.838. The molecular weight excluding hydrogens is 218 g/mol. The molecule has 1 aromatic rings. The molecule has 0 heterocycles. The van der Waals surface area contributed by atoms with Gasteiger partial charge in [-0.05, 0) is 30.5 Å². The molecule has 0 saturated heterocycles. The number of ketones is 1. The minimum Gasteiger partial charge on any atom is -0.497 e. The molecule has 0 saturated carbocycles. The molecular formula is C13H15NO3. The number of carbonyl (C=O) groups is 2. The molecule has 1 aromatic carbocycles. The van der Waals surface area contributed by atoms with E-state index in [1.54, 1.807) is 13.2 Å². The molecule has 1 unspecified atom stereocenters. The highest BCUT2D eigenvalue weighted by Gasteiger charge is 2.28. The van der Waals surface area contributed by atoms with Gasteiger partial charge in [0.25, 0.3) is 0 Å². The second-order valence-electron chi connectivity index (χ2n) is 4.18. The van der Waals surface area contributed by atoms with E-state index in [1.165, 1.54) is 6.92 Å². The van der Waals surface area contributed by atoms with Gasteiger partial charge in [-0.2, -0.15) is 0 Å². The first kappa shape index (κ1) is 11.6. The fourth-order valence-corrected chi connectivity index (χ4v) is 2.13. The lowest BCUT2D eigenvalue weighted by Gasteiger charge is -2.24. The number of fused-ring (bicyclic) bond motifs is 1. The van der Waals surface area contributed by atoms with Gasteiger partial charge in [0.05, 0.1) is 13.2 Å². The number of benzene rings is 1. The summed E-state index contributed by atoms with van der Waals surface area (Å²) in [5.41, 5.74) is 1.69. The lowest BCUT2D eigenvalue weighted by atomic mass is 9.87. The predicted molar refractivity (Wildman–Crippen MR) is 63.3 cm³/mol. The normalized spacial score (nSPS) is 18.5. The van der Waals surface area contributed by atoms with Crippen LogP contribution in [0.15, 0.2) is 18.2 Å². The smallest absolute Gasteiger partial charge is 0.217 e. The maximum absolute atomic E-state index is 12.2. The zero-order chi connectivity index (χ0) is 12.4. The Bertz CT molecular complexity index is 468. The van der Waals surface area contributed by atoms with Crippen molar-refractivity contribution in [3.05, 3.63) is 29.3 Å². The highest BCUT2D eigenvalue weighted by atomic mass is 16.5. The van der Waals surface area contributed by atoms with Crippen LogP contribution in [0.3, 0.4) is 0 Å². The first-order valence-electron chi connectivity index (χ1n) is 5.60. The molecule has 4 nitrogen and oxygen atoms in total. The lowest BCUT2D eigenvalue weighted by molar-refractivity contribution is -0.119. The summed E-state index contributed by atoms with van der Waals surface area (Å²) in [7, 11) is 1.57. The first-order valence-corrected chi connectivity index (χ1v) is 5.60. The van der Waals surface area contributed by atoms with Gasteiger partial charge in [0.15, 0.2) is 5.78 Å². The number of hydrogen-bond acceptors (Lipinski definition) is 3. The summed E-state index contributed by atoms with van der Waals surface area (Å²) in [6, 6.07) is 5.11. The standard InChI is InChI=1S/C13H15NO3/c1-8(15)14-12-6-4-9-3-5-10(17-2)7-11(9)13(12)16/h3,5,7,12H,4,6H2,1-2H3,(H,14,15). The van der Waals surface area contributed by atoms with Gasteiger partial charge in [0.2, 0.25) is 5.91 Å². The van der Waals surface area contributed by atoms with Crippen molar-refractivity contribution >= 4 is 11.7 Å². The number of methoxy groups -OCH3 is 1. The number of rotatable bonds is 2. The average Bonchev–Trinajstić information content (AvgIpc) is 2.32. The van der Waals surface area contributed by atoms with Crippen molar-refractivity contribution in [2.45, 2.75) is 25.8 Å². The summed E-state index contributed by atoms with van der Waals surface area (Å²) in [5.74, 6) is 0.468. The molecule has 0 spiro atoms. The predicted octanol–water partition coefficient (Wildman–Crippen LogP) is 1.33. The van der Waals surface area contributed by atoms with Crippen molar-refractivity contribution in [2.75, 3.05) is 7.11 Å². The average molecular weight is 233 g/mol. The Morgan fingerprint density at radius 2 is 2.24 bits per heavy atom. The van der Waals surface area contributed by atoms with E-state index < -0.39 is 6.04 Å². The number of aryl methyl sites for hydroxylation is 1. The van der Waals surface area contributed by atoms with Crippen molar-refractivity contribution in [1.82, 2.24) is 5.32 Å². The summed E-state index contributed by atoms with van der Waals surface area (Å²) in [6.07, 6.45) is 1.47. The third kappa shape index (κ3) is 2.30. The summed E-state index contributed by atoms with van der Waals surface area (Å²) < 4.78 is 5.11. The zero-order valence-electron chi connectivity index (χ0n) is 9.95. The van der Waals surface area contributed by atoms with Crippen LogP contribution in [0.1, 0.15) is 29.3 Å². The van der Waals surface area contributed by atoms with E-state index in [-0.39, 0.29) is 11.7 Å². The Hall–Kier alpha value is -1.84. The molecule has 0 aromatic heterocycles. The molecule has 17 heavy (non-hydrogen) atoms. The number of amides is 1. The van der Waals surface area contributed by atoms with Gasteiger partial charge in [-0.25, -0.2) is 0 Å². The van der Waals surface area contributed by atoms with Gasteiger partial charge in [-0.1, -0.05) is 6.07 Å². The van der Waals surface area contributed by atoms with Crippen LogP contribution in [0.4, 0.5) is 0 Å². The minimum atomic E-state index is -0.396. The molecule has 0 aliphatic heterocycles. The Morgan fingerprint density at radius 1 is 1.47 bits per heavy atom. The third-order valence-electron chi connectivity index (χ3n) is 2.98. The maximum Gasteiger partial charge on any atom is 0.217 e. The van der Waals surface area contributed by atoms with Crippen LogP contribution in [0, 0.1) is 0 Å². The molecule has 1 N–H and O–H groups in total. The topological polar surface area (TPSA) is 55.4 Å². The molecule has 90 valence electrons. The van der Waals surface area contributed by atoms with E-state index in [4.69, 9.17) is 4.74 Å². The molecule has 1 amide bonds. The van der Waals surface area contributed by atoms with Gasteiger partial charge in [-0.3, -0.25) is 9.59 Å². The molecule has 1 aliphatic rings. The number of nitrogens with one attached hydrogen (secondary N) is 1. The van der Waals surface area contributed by atoms with Crippen LogP contribution in [0.2, 0.25) is 0 Å². The summed E-state index contributed by atoms with van der Waals surface area (Å²) in [5, 5.41) is 2.68. The van der Waals surface area contributed by atoms with Crippen molar-refractivity contribution in [2.24, 2.45) is 0 Å². The molecule has 2 rings (SSSR count). The van der Waals surface area contributed by atoms with Crippen LogP contribution < -0.4 is 10.1 Å². The van der Waals surface area contributed by atoms with Gasteiger partial charge < -0.3 is 10.1 Å². The fourth-order valence-electron chi connectivity index (χ4n) is 2.13. The monoisotopic (exact) mass is 233 g/mol. The summed E-state index contributed by atoms with van der Waals surface area (Å²) in [4.78, 5) is 23.2. The Labute approximate surface area is 100.0 Å². The largest absolute Gasteiger partial charge is 0.497 e. The number of ether oxygens (including phenoxy) is 1. The second kappa shape index (κ2) is 4.57. The molecule has 0 bridgehead atoms. The van der Waals surface area contributed by atoms with Crippen LogP contribution in [0.5, 0.6) is 5.75 Å². The van der Waals surface area contributed by atoms with Gasteiger partial charge in [0.1, 0.15) is 5.75 Å². The zero-order valence-corrected chi connectivity index (χ0v) is 9.95. The maximum atomic E-state index is 12.2. The lowest BCUT2D eigenvalue weighted by Crippen LogP contribution is -2.42. The van der Waals surface area contributed by atoms with E-state index in [0.29, 0.717) is 17.7 Å². The third-order valence-corrected chi connectivity index (χ3v) is 2.98. The highest BCUT2D eigenvalue weighted by Crippen LogP contribution is 2.25. The van der Waals surface area contributed by atoms with Crippen molar-refractivity contribution in [3.63, 3.8) is 0 Å². The van der Waals surface area contributed by atoms with Crippen molar-refractivity contribution in [1.29, 1.82) is 0 Å². The molecule has 0 fully saturated rings. The molecule has 4 heteroatoms. The Kier molecular flexibility index (Phi) is 3.13. The Morgan fingerprint density at radius 3 is 2.88 bits per heavy atom. The van der Waals surface area contributed by atoms with E-state index in [0.717, 1.165) is 12.0 Å². The van der Waals surface area contributed by atoms with Gasteiger partial charge >= 0.3 is 0 Å². The molecule has 0 radical (unpaired) electrons. The highest BCUT2D eigenvalue weighted by molar-refractivity contribution is 6.04. The summed E-state index contributed by atoms with van der Waals surface area (Å²) >= 11 is 0. The van der Waals surface area contributed by atoms with E-state index in [1.807, 2.05) is 12.1 Å². The summed E-state index contributed by atoms with van der Waals surface area (Å²) in [6.45, 7) is 1.42. The number of Topliss-reactive ketones (excluding diaryl/α,β-unsaturated/α-hetero) is 1.